The lowest BCUT2D eigenvalue weighted by Gasteiger charge is -2.17. The molecule has 16 heavy (non-hydrogen) atoms. The standard InChI is InChI=1S/C11H16N2O2S/c12-10-7-4-8-11(10)13-16(14,15)9-5-2-1-3-6-9/h1-3,5-6,10-11,13H,4,7-8,12H2. The number of sulfonamides is 1. The zero-order chi connectivity index (χ0) is 11.6. The smallest absolute Gasteiger partial charge is 0.240 e. The molecule has 1 aromatic rings. The molecule has 4 nitrogen and oxygen atoms in total. The Morgan fingerprint density at radius 3 is 2.44 bits per heavy atom. The minimum absolute atomic E-state index is 0.0570. The molecule has 0 saturated heterocycles. The monoisotopic (exact) mass is 240 g/mol. The molecule has 5 heteroatoms. The summed E-state index contributed by atoms with van der Waals surface area (Å²) >= 11 is 0. The second-order valence-electron chi connectivity index (χ2n) is 4.14. The van der Waals surface area contributed by atoms with Crippen LogP contribution in [0, 0.1) is 0 Å². The first-order valence-electron chi connectivity index (χ1n) is 5.42. The molecule has 2 atom stereocenters. The summed E-state index contributed by atoms with van der Waals surface area (Å²) in [5, 5.41) is 0. The van der Waals surface area contributed by atoms with Crippen molar-refractivity contribution in [3.8, 4) is 0 Å². The fraction of sp³-hybridized carbons (Fsp3) is 0.455. The van der Waals surface area contributed by atoms with E-state index in [-0.39, 0.29) is 12.1 Å². The van der Waals surface area contributed by atoms with Crippen LogP contribution in [0.1, 0.15) is 19.3 Å². The molecule has 0 aliphatic heterocycles. The van der Waals surface area contributed by atoms with Crippen molar-refractivity contribution in [2.24, 2.45) is 5.73 Å². The van der Waals surface area contributed by atoms with Crippen molar-refractivity contribution in [1.82, 2.24) is 4.72 Å². The Kier molecular flexibility index (Phi) is 3.28. The van der Waals surface area contributed by atoms with E-state index in [1.165, 1.54) is 0 Å². The topological polar surface area (TPSA) is 72.2 Å². The third-order valence-corrected chi connectivity index (χ3v) is 4.44. The Labute approximate surface area is 95.9 Å². The summed E-state index contributed by atoms with van der Waals surface area (Å²) in [6.45, 7) is 0. The van der Waals surface area contributed by atoms with E-state index in [1.807, 2.05) is 0 Å². The summed E-state index contributed by atoms with van der Waals surface area (Å²) < 4.78 is 26.6. The van der Waals surface area contributed by atoms with Gasteiger partial charge in [0.15, 0.2) is 0 Å². The van der Waals surface area contributed by atoms with E-state index in [9.17, 15) is 8.42 Å². The maximum absolute atomic E-state index is 12.0. The van der Waals surface area contributed by atoms with Gasteiger partial charge in [-0.1, -0.05) is 24.6 Å². The van der Waals surface area contributed by atoms with E-state index >= 15 is 0 Å². The van der Waals surface area contributed by atoms with Crippen molar-refractivity contribution in [3.63, 3.8) is 0 Å². The third kappa shape index (κ3) is 2.42. The Morgan fingerprint density at radius 2 is 1.88 bits per heavy atom. The average Bonchev–Trinajstić information content (AvgIpc) is 2.65. The Balaban J connectivity index is 2.15. The van der Waals surface area contributed by atoms with Crippen LogP contribution in [0.3, 0.4) is 0 Å². The first-order chi connectivity index (χ1) is 7.59. The minimum Gasteiger partial charge on any atom is -0.326 e. The molecule has 1 aliphatic carbocycles. The van der Waals surface area contributed by atoms with Gasteiger partial charge in [0.2, 0.25) is 10.0 Å². The van der Waals surface area contributed by atoms with Crippen molar-refractivity contribution in [2.45, 2.75) is 36.2 Å². The van der Waals surface area contributed by atoms with E-state index in [1.54, 1.807) is 30.3 Å². The van der Waals surface area contributed by atoms with Gasteiger partial charge < -0.3 is 5.73 Å². The maximum Gasteiger partial charge on any atom is 0.240 e. The van der Waals surface area contributed by atoms with E-state index in [0.717, 1.165) is 19.3 Å². The van der Waals surface area contributed by atoms with E-state index in [4.69, 9.17) is 5.73 Å². The predicted molar refractivity (Wildman–Crippen MR) is 62.4 cm³/mol. The Bertz CT molecular complexity index is 444. The van der Waals surface area contributed by atoms with Crippen LogP contribution in [0.4, 0.5) is 0 Å². The van der Waals surface area contributed by atoms with Crippen LogP contribution in [-0.4, -0.2) is 20.5 Å². The van der Waals surface area contributed by atoms with Crippen LogP contribution in [-0.2, 0) is 10.0 Å². The molecule has 1 aromatic carbocycles. The molecule has 1 saturated carbocycles. The number of nitrogens with two attached hydrogens (primary N) is 1. The average molecular weight is 240 g/mol. The van der Waals surface area contributed by atoms with Gasteiger partial charge in [-0.15, -0.1) is 0 Å². The summed E-state index contributed by atoms with van der Waals surface area (Å²) in [6.07, 6.45) is 2.71. The van der Waals surface area contributed by atoms with Gasteiger partial charge in [-0.2, -0.15) is 0 Å². The highest BCUT2D eigenvalue weighted by molar-refractivity contribution is 7.89. The molecule has 2 rings (SSSR count). The van der Waals surface area contributed by atoms with Crippen LogP contribution >= 0.6 is 0 Å². The Hall–Kier alpha value is -0.910. The second-order valence-corrected chi connectivity index (χ2v) is 5.85. The number of benzene rings is 1. The van der Waals surface area contributed by atoms with Gasteiger partial charge in [0.05, 0.1) is 4.90 Å². The van der Waals surface area contributed by atoms with Gasteiger partial charge in [0.1, 0.15) is 0 Å². The minimum atomic E-state index is -3.41. The molecule has 0 aromatic heterocycles. The third-order valence-electron chi connectivity index (χ3n) is 2.93. The van der Waals surface area contributed by atoms with Crippen LogP contribution in [0.15, 0.2) is 35.2 Å². The van der Waals surface area contributed by atoms with Crippen molar-refractivity contribution in [1.29, 1.82) is 0 Å². The second kappa shape index (κ2) is 4.53. The zero-order valence-corrected chi connectivity index (χ0v) is 9.78. The highest BCUT2D eigenvalue weighted by atomic mass is 32.2. The van der Waals surface area contributed by atoms with Gasteiger partial charge >= 0.3 is 0 Å². The van der Waals surface area contributed by atoms with Gasteiger partial charge in [0.25, 0.3) is 0 Å². The molecular weight excluding hydrogens is 224 g/mol. The van der Waals surface area contributed by atoms with Crippen LogP contribution in [0.25, 0.3) is 0 Å². The van der Waals surface area contributed by atoms with Gasteiger partial charge in [-0.3, -0.25) is 0 Å². The van der Waals surface area contributed by atoms with Crippen molar-refractivity contribution in [3.05, 3.63) is 30.3 Å². The number of nitrogens with one attached hydrogen (secondary N) is 1. The van der Waals surface area contributed by atoms with Crippen molar-refractivity contribution < 1.29 is 8.42 Å². The fourth-order valence-corrected chi connectivity index (χ4v) is 3.34. The molecule has 88 valence electrons. The van der Waals surface area contributed by atoms with Gasteiger partial charge in [0, 0.05) is 12.1 Å². The van der Waals surface area contributed by atoms with Gasteiger partial charge in [-0.05, 0) is 25.0 Å². The van der Waals surface area contributed by atoms with Crippen LogP contribution in [0.2, 0.25) is 0 Å². The number of rotatable bonds is 3. The molecule has 0 amide bonds. The molecule has 1 aliphatic rings. The highest BCUT2D eigenvalue weighted by Gasteiger charge is 2.28. The van der Waals surface area contributed by atoms with Crippen LogP contribution in [0.5, 0.6) is 0 Å². The SMILES string of the molecule is NC1CCCC1NS(=O)(=O)c1ccccc1. The molecular formula is C11H16N2O2S. The summed E-state index contributed by atoms with van der Waals surface area (Å²) in [7, 11) is -3.41. The normalized spacial score (nSPS) is 25.8. The first-order valence-corrected chi connectivity index (χ1v) is 6.91. The number of hydrogen-bond acceptors (Lipinski definition) is 3. The van der Waals surface area contributed by atoms with E-state index in [0.29, 0.717) is 4.90 Å². The predicted octanol–water partition coefficient (Wildman–Crippen LogP) is 0.845. The molecule has 2 unspecified atom stereocenters. The van der Waals surface area contributed by atoms with E-state index < -0.39 is 10.0 Å². The van der Waals surface area contributed by atoms with Crippen LogP contribution < -0.4 is 10.5 Å². The van der Waals surface area contributed by atoms with Gasteiger partial charge in [-0.25, -0.2) is 13.1 Å². The quantitative estimate of drug-likeness (QED) is 0.822. The summed E-state index contributed by atoms with van der Waals surface area (Å²) in [4.78, 5) is 0.300. The molecule has 0 heterocycles. The summed E-state index contributed by atoms with van der Waals surface area (Å²) in [5.74, 6) is 0. The lowest BCUT2D eigenvalue weighted by molar-refractivity contribution is 0.522. The fourth-order valence-electron chi connectivity index (χ4n) is 2.00. The lowest BCUT2D eigenvalue weighted by atomic mass is 10.2. The Morgan fingerprint density at radius 1 is 1.19 bits per heavy atom. The lowest BCUT2D eigenvalue weighted by Crippen LogP contribution is -2.43. The maximum atomic E-state index is 12.0. The molecule has 3 N–H and O–H groups in total. The summed E-state index contributed by atoms with van der Waals surface area (Å²) in [5.41, 5.74) is 5.84. The zero-order valence-electron chi connectivity index (χ0n) is 8.96. The van der Waals surface area contributed by atoms with Crippen molar-refractivity contribution in [2.75, 3.05) is 0 Å². The van der Waals surface area contributed by atoms with Crippen molar-refractivity contribution >= 4 is 10.0 Å². The first kappa shape index (κ1) is 11.6. The largest absolute Gasteiger partial charge is 0.326 e. The number of hydrogen-bond donors (Lipinski definition) is 2. The highest BCUT2D eigenvalue weighted by Crippen LogP contribution is 2.19. The molecule has 0 radical (unpaired) electrons. The molecule has 1 fully saturated rings. The van der Waals surface area contributed by atoms with E-state index in [2.05, 4.69) is 4.72 Å². The molecule has 0 spiro atoms. The summed E-state index contributed by atoms with van der Waals surface area (Å²) in [6, 6.07) is 8.21. The molecule has 0 bridgehead atoms.